The van der Waals surface area contributed by atoms with Crippen molar-refractivity contribution in [1.82, 2.24) is 5.01 Å². The van der Waals surface area contributed by atoms with Crippen LogP contribution in [-0.4, -0.2) is 53.4 Å². The van der Waals surface area contributed by atoms with Gasteiger partial charge in [0.25, 0.3) is 5.91 Å². The average Bonchev–Trinajstić information content (AvgIpc) is 2.66. The second-order valence-corrected chi connectivity index (χ2v) is 8.13. The van der Waals surface area contributed by atoms with Gasteiger partial charge in [-0.25, -0.2) is 10.0 Å². The second-order valence-electron chi connectivity index (χ2n) is 7.32. The first-order chi connectivity index (χ1) is 14.9. The van der Waals surface area contributed by atoms with Gasteiger partial charge in [-0.3, -0.25) is 14.4 Å². The quantitative estimate of drug-likeness (QED) is 0.597. The van der Waals surface area contributed by atoms with Crippen LogP contribution in [0.25, 0.3) is 0 Å². The molecule has 0 spiro atoms. The van der Waals surface area contributed by atoms with Crippen LogP contribution in [-0.2, 0) is 14.4 Å². The number of benzene rings is 1. The van der Waals surface area contributed by atoms with E-state index in [1.54, 1.807) is 0 Å². The molecule has 2 aliphatic heterocycles. The number of aliphatic imine (C=N–C) groups is 1. The molecule has 0 bridgehead atoms. The summed E-state index contributed by atoms with van der Waals surface area (Å²) in [6.45, 7) is 1.96. The Morgan fingerprint density at radius 2 is 1.75 bits per heavy atom. The minimum absolute atomic E-state index is 0.0170. The Labute approximate surface area is 190 Å². The molecule has 2 heterocycles. The monoisotopic (exact) mass is 489 g/mol. The fraction of sp³-hybridized carbons (Fsp3) is 0.350. The maximum atomic E-state index is 12.7. The lowest BCUT2D eigenvalue weighted by molar-refractivity contribution is -0.162. The molecule has 0 aromatic heterocycles. The number of nitrogens with zero attached hydrogens (tertiary/aromatic N) is 3. The lowest BCUT2D eigenvalue weighted by Crippen LogP contribution is -2.42. The van der Waals surface area contributed by atoms with E-state index in [1.807, 2.05) is 13.8 Å². The summed E-state index contributed by atoms with van der Waals surface area (Å²) < 4.78 is 43.7. The molecule has 1 aromatic carbocycles. The van der Waals surface area contributed by atoms with Gasteiger partial charge in [0, 0.05) is 17.2 Å². The highest BCUT2D eigenvalue weighted by Crippen LogP contribution is 2.36. The molecule has 170 valence electrons. The van der Waals surface area contributed by atoms with Crippen LogP contribution in [0.15, 0.2) is 33.9 Å². The Balaban J connectivity index is 1.92. The molecule has 0 radical (unpaired) electrons. The lowest BCUT2D eigenvalue weighted by Gasteiger charge is -2.24. The van der Waals surface area contributed by atoms with E-state index >= 15 is 0 Å². The maximum absolute atomic E-state index is 12.7. The molecule has 1 amide bonds. The van der Waals surface area contributed by atoms with Crippen molar-refractivity contribution in [2.45, 2.75) is 26.4 Å². The summed E-state index contributed by atoms with van der Waals surface area (Å²) >= 11 is 12.5. The SMILES string of the molecule is CC(C)C1=CC(Oc2c(Cl)cc(C3=NN(CC(F)(F)F)C(=O)CC3=O)cc2Cl)=NCC1=O. The van der Waals surface area contributed by atoms with E-state index in [4.69, 9.17) is 27.9 Å². The predicted octanol–water partition coefficient (Wildman–Crippen LogP) is 4.00. The number of ether oxygens (including phenoxy) is 1. The topological polar surface area (TPSA) is 88.4 Å². The van der Waals surface area contributed by atoms with E-state index < -0.39 is 30.8 Å². The van der Waals surface area contributed by atoms with Gasteiger partial charge in [0.1, 0.15) is 18.8 Å². The first-order valence-electron chi connectivity index (χ1n) is 9.31. The van der Waals surface area contributed by atoms with Crippen molar-refractivity contribution < 1.29 is 32.3 Å². The summed E-state index contributed by atoms with van der Waals surface area (Å²) in [5, 5.41) is 3.62. The number of hydrazone groups is 1. The molecule has 0 N–H and O–H groups in total. The molecule has 7 nitrogen and oxygen atoms in total. The van der Waals surface area contributed by atoms with Crippen LogP contribution in [0.5, 0.6) is 5.75 Å². The number of Topliss-reactive ketones (excluding diaryl/α,β-unsaturated/α-hetero) is 2. The Hall–Kier alpha value is -2.72. The van der Waals surface area contributed by atoms with Crippen molar-refractivity contribution in [2.24, 2.45) is 16.0 Å². The summed E-state index contributed by atoms with van der Waals surface area (Å²) in [6.07, 6.45) is -3.98. The van der Waals surface area contributed by atoms with E-state index in [1.165, 1.54) is 18.2 Å². The minimum atomic E-state index is -4.69. The van der Waals surface area contributed by atoms with Gasteiger partial charge in [0.15, 0.2) is 17.3 Å². The van der Waals surface area contributed by atoms with Crippen molar-refractivity contribution in [3.8, 4) is 5.75 Å². The molecule has 12 heteroatoms. The van der Waals surface area contributed by atoms with E-state index in [2.05, 4.69) is 10.1 Å². The number of hydrogen-bond acceptors (Lipinski definition) is 6. The highest BCUT2D eigenvalue weighted by Gasteiger charge is 2.37. The lowest BCUT2D eigenvalue weighted by atomic mass is 9.97. The van der Waals surface area contributed by atoms with Gasteiger partial charge in [-0.05, 0) is 18.1 Å². The molecule has 2 aliphatic rings. The minimum Gasteiger partial charge on any atom is -0.436 e. The molecule has 1 aromatic rings. The smallest absolute Gasteiger partial charge is 0.408 e. The van der Waals surface area contributed by atoms with Crippen LogP contribution in [0.2, 0.25) is 10.0 Å². The number of alkyl halides is 3. The molecule has 0 saturated carbocycles. The van der Waals surface area contributed by atoms with Crippen LogP contribution >= 0.6 is 23.2 Å². The number of amides is 1. The number of rotatable bonds is 4. The van der Waals surface area contributed by atoms with Crippen molar-refractivity contribution >= 4 is 52.3 Å². The van der Waals surface area contributed by atoms with Crippen LogP contribution in [0, 0.1) is 5.92 Å². The Morgan fingerprint density at radius 1 is 1.12 bits per heavy atom. The molecular formula is C20H16Cl2F3N3O4. The number of hydrogen-bond donors (Lipinski definition) is 0. The number of halogens is 5. The number of carbonyl (C=O) groups excluding carboxylic acids is 3. The average molecular weight is 490 g/mol. The highest BCUT2D eigenvalue weighted by atomic mass is 35.5. The fourth-order valence-corrected chi connectivity index (χ4v) is 3.57. The van der Waals surface area contributed by atoms with Crippen LogP contribution < -0.4 is 4.74 Å². The Morgan fingerprint density at radius 3 is 2.31 bits per heavy atom. The van der Waals surface area contributed by atoms with Crippen molar-refractivity contribution in [2.75, 3.05) is 13.1 Å². The van der Waals surface area contributed by atoms with Gasteiger partial charge in [-0.15, -0.1) is 0 Å². The summed E-state index contributed by atoms with van der Waals surface area (Å²) in [6, 6.07) is 2.48. The van der Waals surface area contributed by atoms with E-state index in [0.29, 0.717) is 5.57 Å². The van der Waals surface area contributed by atoms with E-state index in [9.17, 15) is 27.6 Å². The van der Waals surface area contributed by atoms with E-state index in [0.717, 1.165) is 0 Å². The highest BCUT2D eigenvalue weighted by molar-refractivity contribution is 6.50. The Bertz CT molecular complexity index is 1070. The number of carbonyl (C=O) groups is 3. The zero-order chi connectivity index (χ0) is 23.8. The summed E-state index contributed by atoms with van der Waals surface area (Å²) in [5.74, 6) is -1.93. The standard InChI is InChI=1S/C20H16Cl2F3N3O4/c1-9(2)11-5-16(26-7-15(11)30)32-19-12(21)3-10(4-13(19)22)18-14(29)6-17(31)28(27-18)8-20(23,24)25/h3-5,9H,6-8H2,1-2H3. The molecule has 0 atom stereocenters. The zero-order valence-electron chi connectivity index (χ0n) is 16.8. The van der Waals surface area contributed by atoms with Gasteiger partial charge < -0.3 is 4.74 Å². The molecule has 0 saturated heterocycles. The summed E-state index contributed by atoms with van der Waals surface area (Å²) in [4.78, 5) is 39.9. The van der Waals surface area contributed by atoms with Gasteiger partial charge >= 0.3 is 6.18 Å². The fourth-order valence-electron chi connectivity index (χ4n) is 3.01. The molecule has 0 fully saturated rings. The summed E-state index contributed by atoms with van der Waals surface area (Å²) in [7, 11) is 0. The molecular weight excluding hydrogens is 474 g/mol. The van der Waals surface area contributed by atoms with Gasteiger partial charge in [0.2, 0.25) is 5.90 Å². The molecule has 0 aliphatic carbocycles. The summed E-state index contributed by atoms with van der Waals surface area (Å²) in [5.41, 5.74) is 0.165. The third kappa shape index (κ3) is 5.36. The van der Waals surface area contributed by atoms with Gasteiger partial charge in [-0.2, -0.15) is 18.3 Å². The first kappa shape index (κ1) is 23.9. The third-order valence-corrected chi connectivity index (χ3v) is 5.05. The molecule has 0 unspecified atom stereocenters. The maximum Gasteiger partial charge on any atom is 0.408 e. The zero-order valence-corrected chi connectivity index (χ0v) is 18.3. The number of ketones is 2. The second kappa shape index (κ2) is 9.03. The van der Waals surface area contributed by atoms with Crippen LogP contribution in [0.1, 0.15) is 25.8 Å². The van der Waals surface area contributed by atoms with Crippen molar-refractivity contribution in [1.29, 1.82) is 0 Å². The normalized spacial score (nSPS) is 17.4. The van der Waals surface area contributed by atoms with Gasteiger partial charge in [0.05, 0.1) is 16.5 Å². The first-order valence-corrected chi connectivity index (χ1v) is 10.1. The third-order valence-electron chi connectivity index (χ3n) is 4.49. The predicted molar refractivity (Wildman–Crippen MR) is 111 cm³/mol. The molecule has 32 heavy (non-hydrogen) atoms. The molecule has 3 rings (SSSR count). The van der Waals surface area contributed by atoms with Gasteiger partial charge in [-0.1, -0.05) is 37.0 Å². The van der Waals surface area contributed by atoms with E-state index in [-0.39, 0.29) is 56.2 Å². The Kier molecular flexibility index (Phi) is 6.75. The van der Waals surface area contributed by atoms with Crippen molar-refractivity contribution in [3.05, 3.63) is 39.4 Å². The number of dihydropyridines is 1. The van der Waals surface area contributed by atoms with Crippen LogP contribution in [0.3, 0.4) is 0 Å². The largest absolute Gasteiger partial charge is 0.436 e. The van der Waals surface area contributed by atoms with Crippen LogP contribution in [0.4, 0.5) is 13.2 Å². The van der Waals surface area contributed by atoms with Crippen molar-refractivity contribution in [3.63, 3.8) is 0 Å².